The highest BCUT2D eigenvalue weighted by Gasteiger charge is 2.15. The zero-order valence-corrected chi connectivity index (χ0v) is 11.9. The van der Waals surface area contributed by atoms with E-state index in [0.29, 0.717) is 5.69 Å². The fourth-order valence-corrected chi connectivity index (χ4v) is 2.62. The van der Waals surface area contributed by atoms with Crippen molar-refractivity contribution in [2.24, 2.45) is 5.92 Å². The highest BCUT2D eigenvalue weighted by molar-refractivity contribution is 5.92. The van der Waals surface area contributed by atoms with Crippen molar-refractivity contribution in [3.63, 3.8) is 0 Å². The molecule has 19 heavy (non-hydrogen) atoms. The number of nitrogens with zero attached hydrogens (tertiary/aromatic N) is 2. The van der Waals surface area contributed by atoms with Crippen LogP contribution in [0.25, 0.3) is 0 Å². The van der Waals surface area contributed by atoms with Gasteiger partial charge in [-0.25, -0.2) is 0 Å². The molecule has 0 aliphatic carbocycles. The van der Waals surface area contributed by atoms with Crippen molar-refractivity contribution in [3.8, 4) is 0 Å². The SMILES string of the molecule is CCn1nc(C)cc1C(=O)NCCC1CCNCC1. The van der Waals surface area contributed by atoms with Gasteiger partial charge >= 0.3 is 0 Å². The van der Waals surface area contributed by atoms with Crippen LogP contribution in [-0.2, 0) is 6.54 Å². The molecule has 2 rings (SSSR count). The van der Waals surface area contributed by atoms with Gasteiger partial charge in [0.1, 0.15) is 5.69 Å². The fraction of sp³-hybridized carbons (Fsp3) is 0.714. The predicted molar refractivity (Wildman–Crippen MR) is 75.2 cm³/mol. The molecule has 1 aromatic rings. The zero-order chi connectivity index (χ0) is 13.7. The molecule has 1 fully saturated rings. The van der Waals surface area contributed by atoms with Crippen LogP contribution in [0.2, 0.25) is 0 Å². The second-order valence-electron chi connectivity index (χ2n) is 5.22. The molecule has 5 heteroatoms. The summed E-state index contributed by atoms with van der Waals surface area (Å²) in [6.45, 7) is 7.62. The molecule has 1 aliphatic heterocycles. The molecule has 1 saturated heterocycles. The third-order valence-corrected chi connectivity index (χ3v) is 3.73. The van der Waals surface area contributed by atoms with Gasteiger partial charge in [0.25, 0.3) is 5.91 Å². The van der Waals surface area contributed by atoms with Gasteiger partial charge in [0.05, 0.1) is 5.69 Å². The van der Waals surface area contributed by atoms with Crippen molar-refractivity contribution in [3.05, 3.63) is 17.5 Å². The zero-order valence-electron chi connectivity index (χ0n) is 11.9. The Hall–Kier alpha value is -1.36. The Morgan fingerprint density at radius 2 is 2.26 bits per heavy atom. The number of amides is 1. The molecular formula is C14H24N4O. The molecule has 0 unspecified atom stereocenters. The van der Waals surface area contributed by atoms with Gasteiger partial charge in [-0.15, -0.1) is 0 Å². The van der Waals surface area contributed by atoms with Crippen molar-refractivity contribution < 1.29 is 4.79 Å². The van der Waals surface area contributed by atoms with E-state index >= 15 is 0 Å². The van der Waals surface area contributed by atoms with E-state index in [-0.39, 0.29) is 5.91 Å². The molecule has 5 nitrogen and oxygen atoms in total. The Morgan fingerprint density at radius 3 is 2.95 bits per heavy atom. The molecule has 0 radical (unpaired) electrons. The normalized spacial score (nSPS) is 16.5. The van der Waals surface area contributed by atoms with Crippen molar-refractivity contribution in [1.82, 2.24) is 20.4 Å². The van der Waals surface area contributed by atoms with Crippen molar-refractivity contribution in [2.45, 2.75) is 39.7 Å². The summed E-state index contributed by atoms with van der Waals surface area (Å²) in [5, 5.41) is 10.7. The molecule has 1 aliphatic rings. The van der Waals surface area contributed by atoms with Crippen LogP contribution < -0.4 is 10.6 Å². The number of aryl methyl sites for hydroxylation is 2. The maximum Gasteiger partial charge on any atom is 0.269 e. The molecular weight excluding hydrogens is 240 g/mol. The summed E-state index contributed by atoms with van der Waals surface area (Å²) in [6, 6.07) is 1.85. The van der Waals surface area contributed by atoms with E-state index < -0.39 is 0 Å². The summed E-state index contributed by atoms with van der Waals surface area (Å²) >= 11 is 0. The maximum atomic E-state index is 12.1. The Bertz CT molecular complexity index is 421. The summed E-state index contributed by atoms with van der Waals surface area (Å²) in [7, 11) is 0. The van der Waals surface area contributed by atoms with Gasteiger partial charge in [0.15, 0.2) is 0 Å². The van der Waals surface area contributed by atoms with Gasteiger partial charge < -0.3 is 10.6 Å². The first-order valence-corrected chi connectivity index (χ1v) is 7.24. The predicted octanol–water partition coefficient (Wildman–Crippen LogP) is 1.33. The van der Waals surface area contributed by atoms with Gasteiger partial charge in [-0.3, -0.25) is 9.48 Å². The third kappa shape index (κ3) is 3.80. The molecule has 2 N–H and O–H groups in total. The molecule has 0 aromatic carbocycles. The van der Waals surface area contributed by atoms with Gasteiger partial charge in [-0.1, -0.05) is 0 Å². The lowest BCUT2D eigenvalue weighted by Crippen LogP contribution is -2.32. The summed E-state index contributed by atoms with van der Waals surface area (Å²) < 4.78 is 1.76. The fourth-order valence-electron chi connectivity index (χ4n) is 2.62. The third-order valence-electron chi connectivity index (χ3n) is 3.73. The average molecular weight is 264 g/mol. The molecule has 1 aromatic heterocycles. The minimum atomic E-state index is -0.00335. The van der Waals surface area contributed by atoms with Gasteiger partial charge in [-0.2, -0.15) is 5.10 Å². The van der Waals surface area contributed by atoms with Gasteiger partial charge in [0, 0.05) is 13.1 Å². The summed E-state index contributed by atoms with van der Waals surface area (Å²) in [5.41, 5.74) is 1.57. The largest absolute Gasteiger partial charge is 0.351 e. The number of carbonyl (C=O) groups is 1. The van der Waals surface area contributed by atoms with Crippen LogP contribution in [0.5, 0.6) is 0 Å². The van der Waals surface area contributed by atoms with Crippen LogP contribution in [-0.4, -0.2) is 35.3 Å². The maximum absolute atomic E-state index is 12.1. The number of rotatable bonds is 5. The van der Waals surface area contributed by atoms with Crippen molar-refractivity contribution >= 4 is 5.91 Å². The number of nitrogens with one attached hydrogen (secondary N) is 2. The van der Waals surface area contributed by atoms with Crippen LogP contribution in [0, 0.1) is 12.8 Å². The number of piperidine rings is 1. The van der Waals surface area contributed by atoms with E-state index in [2.05, 4.69) is 15.7 Å². The molecule has 0 saturated carbocycles. The number of hydrogen-bond acceptors (Lipinski definition) is 3. The van der Waals surface area contributed by atoms with E-state index in [0.717, 1.165) is 44.2 Å². The van der Waals surface area contributed by atoms with Crippen LogP contribution in [0.15, 0.2) is 6.07 Å². The van der Waals surface area contributed by atoms with Gasteiger partial charge in [-0.05, 0) is 58.2 Å². The van der Waals surface area contributed by atoms with Crippen LogP contribution >= 0.6 is 0 Å². The summed E-state index contributed by atoms with van der Waals surface area (Å²) in [4.78, 5) is 12.1. The minimum absolute atomic E-state index is 0.00335. The second-order valence-corrected chi connectivity index (χ2v) is 5.22. The van der Waals surface area contributed by atoms with E-state index in [1.165, 1.54) is 12.8 Å². The van der Waals surface area contributed by atoms with E-state index in [9.17, 15) is 4.79 Å². The smallest absolute Gasteiger partial charge is 0.269 e. The molecule has 0 bridgehead atoms. The molecule has 106 valence electrons. The monoisotopic (exact) mass is 264 g/mol. The standard InChI is InChI=1S/C14H24N4O/c1-3-18-13(10-11(2)17-18)14(19)16-9-6-12-4-7-15-8-5-12/h10,12,15H,3-9H2,1-2H3,(H,16,19). The first kappa shape index (κ1) is 14.1. The highest BCUT2D eigenvalue weighted by Crippen LogP contribution is 2.14. The van der Waals surface area contributed by atoms with Gasteiger partial charge in [0.2, 0.25) is 0 Å². The first-order chi connectivity index (χ1) is 9.20. The molecule has 0 spiro atoms. The number of hydrogen-bond donors (Lipinski definition) is 2. The Morgan fingerprint density at radius 1 is 1.53 bits per heavy atom. The summed E-state index contributed by atoms with van der Waals surface area (Å²) in [6.07, 6.45) is 3.52. The topological polar surface area (TPSA) is 59.0 Å². The lowest BCUT2D eigenvalue weighted by Gasteiger charge is -2.22. The first-order valence-electron chi connectivity index (χ1n) is 7.24. The molecule has 1 amide bonds. The number of aromatic nitrogens is 2. The highest BCUT2D eigenvalue weighted by atomic mass is 16.2. The molecule has 2 heterocycles. The number of carbonyl (C=O) groups excluding carboxylic acids is 1. The van der Waals surface area contributed by atoms with E-state index in [1.54, 1.807) is 4.68 Å². The van der Waals surface area contributed by atoms with Crippen molar-refractivity contribution in [1.29, 1.82) is 0 Å². The quantitative estimate of drug-likeness (QED) is 0.843. The Kier molecular flexibility index (Phi) is 4.96. The lowest BCUT2D eigenvalue weighted by atomic mass is 9.95. The second kappa shape index (κ2) is 6.70. The lowest BCUT2D eigenvalue weighted by molar-refractivity contribution is 0.0940. The van der Waals surface area contributed by atoms with Crippen LogP contribution in [0.4, 0.5) is 0 Å². The Balaban J connectivity index is 1.80. The molecule has 0 atom stereocenters. The average Bonchev–Trinajstić information content (AvgIpc) is 2.81. The van der Waals surface area contributed by atoms with Crippen molar-refractivity contribution in [2.75, 3.05) is 19.6 Å². The van der Waals surface area contributed by atoms with Crippen LogP contribution in [0.1, 0.15) is 42.4 Å². The van der Waals surface area contributed by atoms with Crippen LogP contribution in [0.3, 0.4) is 0 Å². The van der Waals surface area contributed by atoms with E-state index in [1.807, 2.05) is 19.9 Å². The Labute approximate surface area is 114 Å². The summed E-state index contributed by atoms with van der Waals surface area (Å²) in [5.74, 6) is 0.746. The van der Waals surface area contributed by atoms with E-state index in [4.69, 9.17) is 0 Å². The minimum Gasteiger partial charge on any atom is -0.351 e.